The van der Waals surface area contributed by atoms with Crippen molar-refractivity contribution in [2.45, 2.75) is 38.3 Å². The maximum Gasteiger partial charge on any atom is 0.237 e. The van der Waals surface area contributed by atoms with Crippen molar-refractivity contribution in [2.24, 2.45) is 5.73 Å². The molecule has 0 aliphatic rings. The average Bonchev–Trinajstić information content (AvgIpc) is 2.31. The van der Waals surface area contributed by atoms with Crippen molar-refractivity contribution in [3.63, 3.8) is 0 Å². The van der Waals surface area contributed by atoms with Crippen molar-refractivity contribution in [1.82, 2.24) is 5.32 Å². The first-order chi connectivity index (χ1) is 8.84. The molecule has 0 aromatic heterocycles. The smallest absolute Gasteiger partial charge is 0.237 e. The molecule has 0 fully saturated rings. The quantitative estimate of drug-likeness (QED) is 0.604. The number of aliphatic hydroxyl groups is 1. The van der Waals surface area contributed by atoms with Gasteiger partial charge < -0.3 is 21.3 Å². The second-order valence-corrected chi connectivity index (χ2v) is 5.32. The summed E-state index contributed by atoms with van der Waals surface area (Å²) in [5, 5.41) is 20.9. The summed E-state index contributed by atoms with van der Waals surface area (Å²) < 4.78 is 0. The number of phenolic OH excluding ortho intramolecular Hbond substituents is 1. The molecule has 0 radical (unpaired) electrons. The number of hydrogen-bond acceptors (Lipinski definition) is 4. The number of amides is 1. The predicted octanol–water partition coefficient (Wildman–Crippen LogP) is 0.539. The van der Waals surface area contributed by atoms with Crippen molar-refractivity contribution in [3.05, 3.63) is 29.8 Å². The van der Waals surface area contributed by atoms with Gasteiger partial charge in [-0.15, -0.1) is 0 Å². The lowest BCUT2D eigenvalue weighted by Gasteiger charge is -2.27. The number of nitrogens with two attached hydrogens (primary N) is 1. The Morgan fingerprint density at radius 2 is 1.95 bits per heavy atom. The Morgan fingerprint density at radius 1 is 1.37 bits per heavy atom. The van der Waals surface area contributed by atoms with Crippen molar-refractivity contribution in [1.29, 1.82) is 0 Å². The van der Waals surface area contributed by atoms with Gasteiger partial charge >= 0.3 is 0 Å². The van der Waals surface area contributed by atoms with Crippen LogP contribution in [0.2, 0.25) is 0 Å². The van der Waals surface area contributed by atoms with Crippen molar-refractivity contribution in [3.8, 4) is 5.75 Å². The fourth-order valence-corrected chi connectivity index (χ4v) is 1.75. The highest BCUT2D eigenvalue weighted by molar-refractivity contribution is 5.82. The fraction of sp³-hybridized carbons (Fsp3) is 0.500. The van der Waals surface area contributed by atoms with E-state index in [2.05, 4.69) is 5.32 Å². The number of hydrogen-bond donors (Lipinski definition) is 4. The Morgan fingerprint density at radius 3 is 2.47 bits per heavy atom. The molecule has 1 unspecified atom stereocenters. The highest BCUT2D eigenvalue weighted by Crippen LogP contribution is 2.12. The van der Waals surface area contributed by atoms with E-state index in [-0.39, 0.29) is 18.3 Å². The Labute approximate surface area is 113 Å². The topological polar surface area (TPSA) is 95.6 Å². The molecular formula is C14H22N2O3. The summed E-state index contributed by atoms with van der Waals surface area (Å²) in [6.07, 6.45) is 0.881. The predicted molar refractivity (Wildman–Crippen MR) is 73.7 cm³/mol. The Balaban J connectivity index is 2.55. The van der Waals surface area contributed by atoms with Crippen molar-refractivity contribution in [2.75, 3.05) is 6.61 Å². The van der Waals surface area contributed by atoms with Crippen LogP contribution in [0, 0.1) is 0 Å². The number of aromatic hydroxyl groups is 1. The van der Waals surface area contributed by atoms with Gasteiger partial charge in [0.1, 0.15) is 5.75 Å². The first-order valence-corrected chi connectivity index (χ1v) is 6.30. The first kappa shape index (κ1) is 15.5. The number of rotatable bonds is 6. The highest BCUT2D eigenvalue weighted by atomic mass is 16.3. The van der Waals surface area contributed by atoms with E-state index in [0.29, 0.717) is 12.8 Å². The van der Waals surface area contributed by atoms with E-state index in [0.717, 1.165) is 5.56 Å². The zero-order valence-corrected chi connectivity index (χ0v) is 11.4. The molecule has 5 N–H and O–H groups in total. The van der Waals surface area contributed by atoms with Gasteiger partial charge in [0.05, 0.1) is 6.04 Å². The number of aliphatic hydroxyl groups excluding tert-OH is 1. The van der Waals surface area contributed by atoms with Crippen LogP contribution < -0.4 is 11.1 Å². The molecule has 1 amide bonds. The molecule has 106 valence electrons. The molecule has 0 bridgehead atoms. The maximum atomic E-state index is 11.9. The maximum absolute atomic E-state index is 11.9. The number of phenols is 1. The minimum Gasteiger partial charge on any atom is -0.508 e. The van der Waals surface area contributed by atoms with Crippen molar-refractivity contribution >= 4 is 5.91 Å². The molecule has 0 saturated heterocycles. The summed E-state index contributed by atoms with van der Waals surface area (Å²) in [5.74, 6) is -0.0580. The minimum atomic E-state index is -0.650. The van der Waals surface area contributed by atoms with E-state index in [1.54, 1.807) is 24.3 Å². The molecule has 0 spiro atoms. The monoisotopic (exact) mass is 266 g/mol. The van der Waals surface area contributed by atoms with E-state index in [1.807, 2.05) is 13.8 Å². The van der Waals surface area contributed by atoms with Gasteiger partial charge in [-0.3, -0.25) is 4.79 Å². The van der Waals surface area contributed by atoms with E-state index in [1.165, 1.54) is 0 Å². The Hall–Kier alpha value is -1.59. The van der Waals surface area contributed by atoms with Gasteiger partial charge in [0, 0.05) is 12.1 Å². The zero-order valence-electron chi connectivity index (χ0n) is 11.4. The molecule has 0 saturated carbocycles. The Kier molecular flexibility index (Phi) is 5.32. The van der Waals surface area contributed by atoms with E-state index >= 15 is 0 Å². The zero-order chi connectivity index (χ0) is 14.5. The molecule has 1 aromatic rings. The van der Waals surface area contributed by atoms with Crippen LogP contribution in [0.5, 0.6) is 5.75 Å². The van der Waals surface area contributed by atoms with E-state index < -0.39 is 11.6 Å². The van der Waals surface area contributed by atoms with Crippen LogP contribution >= 0.6 is 0 Å². The van der Waals surface area contributed by atoms with Gasteiger partial charge in [-0.2, -0.15) is 0 Å². The molecule has 1 aromatic carbocycles. The lowest BCUT2D eigenvalue weighted by atomic mass is 9.99. The third-order valence-corrected chi connectivity index (χ3v) is 2.93. The van der Waals surface area contributed by atoms with Crippen LogP contribution in [0.3, 0.4) is 0 Å². The van der Waals surface area contributed by atoms with E-state index in [4.69, 9.17) is 10.8 Å². The van der Waals surface area contributed by atoms with E-state index in [9.17, 15) is 9.90 Å². The molecule has 0 heterocycles. The fourth-order valence-electron chi connectivity index (χ4n) is 1.75. The largest absolute Gasteiger partial charge is 0.508 e. The third kappa shape index (κ3) is 5.28. The van der Waals surface area contributed by atoms with Gasteiger partial charge in [0.25, 0.3) is 0 Å². The standard InChI is InChI=1S/C14H22N2O3/c1-14(2,7-8-17)16-13(19)12(15)9-10-3-5-11(18)6-4-10/h3-6,12,17-18H,7-9,15H2,1-2H3,(H,16,19). The molecule has 5 heteroatoms. The number of carbonyl (C=O) groups excluding carboxylic acids is 1. The average molecular weight is 266 g/mol. The summed E-state index contributed by atoms with van der Waals surface area (Å²) in [7, 11) is 0. The van der Waals surface area contributed by atoms with Crippen LogP contribution in [-0.4, -0.2) is 34.3 Å². The molecule has 5 nitrogen and oxygen atoms in total. The normalized spacial score (nSPS) is 13.1. The van der Waals surface area contributed by atoms with Gasteiger partial charge in [-0.25, -0.2) is 0 Å². The summed E-state index contributed by atoms with van der Waals surface area (Å²) >= 11 is 0. The number of carbonyl (C=O) groups is 1. The second kappa shape index (κ2) is 6.54. The summed E-state index contributed by atoms with van der Waals surface area (Å²) in [6.45, 7) is 3.70. The highest BCUT2D eigenvalue weighted by Gasteiger charge is 2.23. The lowest BCUT2D eigenvalue weighted by Crippen LogP contribution is -2.51. The van der Waals surface area contributed by atoms with Crippen LogP contribution in [0.15, 0.2) is 24.3 Å². The first-order valence-electron chi connectivity index (χ1n) is 6.30. The summed E-state index contributed by atoms with van der Waals surface area (Å²) in [6, 6.07) is 5.95. The Bertz CT molecular complexity index is 415. The third-order valence-electron chi connectivity index (χ3n) is 2.93. The van der Waals surface area contributed by atoms with Gasteiger partial charge in [-0.05, 0) is 44.4 Å². The number of benzene rings is 1. The van der Waals surface area contributed by atoms with Crippen LogP contribution in [0.1, 0.15) is 25.8 Å². The molecular weight excluding hydrogens is 244 g/mol. The van der Waals surface area contributed by atoms with Crippen molar-refractivity contribution < 1.29 is 15.0 Å². The van der Waals surface area contributed by atoms with Gasteiger partial charge in [-0.1, -0.05) is 12.1 Å². The molecule has 0 aliphatic heterocycles. The molecule has 19 heavy (non-hydrogen) atoms. The summed E-state index contributed by atoms with van der Waals surface area (Å²) in [4.78, 5) is 11.9. The molecule has 1 atom stereocenters. The van der Waals surface area contributed by atoms with Crippen LogP contribution in [-0.2, 0) is 11.2 Å². The second-order valence-electron chi connectivity index (χ2n) is 5.32. The van der Waals surface area contributed by atoms with Crippen LogP contribution in [0.25, 0.3) is 0 Å². The molecule has 1 rings (SSSR count). The minimum absolute atomic E-state index is 0.0144. The SMILES string of the molecule is CC(C)(CCO)NC(=O)C(N)Cc1ccc(O)cc1. The van der Waals surface area contributed by atoms with Gasteiger partial charge in [0.2, 0.25) is 5.91 Å². The number of nitrogens with one attached hydrogen (secondary N) is 1. The lowest BCUT2D eigenvalue weighted by molar-refractivity contribution is -0.124. The summed E-state index contributed by atoms with van der Waals surface area (Å²) in [5.41, 5.74) is 6.27. The molecule has 0 aliphatic carbocycles. The van der Waals surface area contributed by atoms with Gasteiger partial charge in [0.15, 0.2) is 0 Å². The van der Waals surface area contributed by atoms with Crippen LogP contribution in [0.4, 0.5) is 0 Å².